The highest BCUT2D eigenvalue weighted by Gasteiger charge is 2.28. The van der Waals surface area contributed by atoms with Gasteiger partial charge in [0.05, 0.1) is 0 Å². The van der Waals surface area contributed by atoms with Crippen LogP contribution in [0.15, 0.2) is 30.3 Å². The molecule has 1 fully saturated rings. The van der Waals surface area contributed by atoms with Gasteiger partial charge in [0.1, 0.15) is 0 Å². The van der Waals surface area contributed by atoms with Crippen LogP contribution in [-0.4, -0.2) is 38.4 Å². The van der Waals surface area contributed by atoms with Crippen LogP contribution < -0.4 is 10.0 Å². The number of hydrogen-bond acceptors (Lipinski definition) is 3. The van der Waals surface area contributed by atoms with Crippen LogP contribution in [0.4, 0.5) is 0 Å². The van der Waals surface area contributed by atoms with Gasteiger partial charge in [-0.2, -0.15) is 17.4 Å². The summed E-state index contributed by atoms with van der Waals surface area (Å²) in [6.07, 6.45) is 0.998. The molecule has 0 radical (unpaired) electrons. The number of benzene rings is 1. The summed E-state index contributed by atoms with van der Waals surface area (Å²) >= 11 is 0. The lowest BCUT2D eigenvalue weighted by molar-refractivity contribution is 0.315. The van der Waals surface area contributed by atoms with Crippen molar-refractivity contribution in [3.63, 3.8) is 0 Å². The number of nitrogens with one attached hydrogen (secondary N) is 2. The molecular weight excluding hydrogens is 322 g/mol. The van der Waals surface area contributed by atoms with Crippen molar-refractivity contribution in [2.75, 3.05) is 19.6 Å². The first-order chi connectivity index (χ1) is 10.0. The zero-order chi connectivity index (χ0) is 15.3. The number of nitrogens with zero attached hydrogens (tertiary/aromatic N) is 1. The molecule has 1 aromatic rings. The number of rotatable bonds is 6. The molecule has 22 heavy (non-hydrogen) atoms. The molecule has 2 N–H and O–H groups in total. The lowest BCUT2D eigenvalue weighted by Crippen LogP contribution is -2.53. The Morgan fingerprint density at radius 3 is 2.59 bits per heavy atom. The quantitative estimate of drug-likeness (QED) is 0.824. The van der Waals surface area contributed by atoms with Crippen molar-refractivity contribution in [1.82, 2.24) is 14.3 Å². The number of halogens is 1. The highest BCUT2D eigenvalue weighted by molar-refractivity contribution is 7.87. The molecule has 5 nitrogen and oxygen atoms in total. The maximum Gasteiger partial charge on any atom is 0.280 e. The number of piperidine rings is 1. The fourth-order valence-electron chi connectivity index (χ4n) is 2.57. The molecule has 1 aliphatic heterocycles. The van der Waals surface area contributed by atoms with Crippen molar-refractivity contribution in [2.45, 2.75) is 32.9 Å². The molecule has 1 saturated heterocycles. The van der Waals surface area contributed by atoms with Crippen molar-refractivity contribution < 1.29 is 8.42 Å². The summed E-state index contributed by atoms with van der Waals surface area (Å²) in [5.74, 6) is 0.358. The van der Waals surface area contributed by atoms with Gasteiger partial charge in [-0.1, -0.05) is 44.2 Å². The molecule has 0 amide bonds. The van der Waals surface area contributed by atoms with Gasteiger partial charge in [0.2, 0.25) is 0 Å². The summed E-state index contributed by atoms with van der Waals surface area (Å²) < 4.78 is 29.5. The van der Waals surface area contributed by atoms with Gasteiger partial charge in [-0.25, -0.2) is 0 Å². The SMILES string of the molecule is CCN(Cc1ccccc1)S(=O)(=O)NC1CNCCC1C.Cl. The van der Waals surface area contributed by atoms with Crippen LogP contribution in [0.5, 0.6) is 0 Å². The van der Waals surface area contributed by atoms with E-state index in [1.54, 1.807) is 0 Å². The summed E-state index contributed by atoms with van der Waals surface area (Å²) in [5, 5.41) is 3.25. The standard InChI is InChI=1S/C15H25N3O2S.ClH/c1-3-18(12-14-7-5-4-6-8-14)21(19,20)17-15-11-16-10-9-13(15)2;/h4-8,13,15-17H,3,9-12H2,1-2H3;1H. The predicted octanol–water partition coefficient (Wildman–Crippen LogP) is 1.76. The minimum absolute atomic E-state index is 0. The zero-order valence-corrected chi connectivity index (χ0v) is 14.8. The van der Waals surface area contributed by atoms with Crippen LogP contribution in [0, 0.1) is 5.92 Å². The summed E-state index contributed by atoms with van der Waals surface area (Å²) in [7, 11) is -3.46. The van der Waals surface area contributed by atoms with E-state index in [4.69, 9.17) is 0 Å². The highest BCUT2D eigenvalue weighted by Crippen LogP contribution is 2.14. The van der Waals surface area contributed by atoms with E-state index in [0.29, 0.717) is 25.6 Å². The molecule has 2 rings (SSSR count). The van der Waals surface area contributed by atoms with E-state index in [1.165, 1.54) is 4.31 Å². The Hall–Kier alpha value is -0.660. The molecule has 1 heterocycles. The average molecular weight is 348 g/mol. The third kappa shape index (κ3) is 5.21. The summed E-state index contributed by atoms with van der Waals surface area (Å²) in [6, 6.07) is 9.65. The van der Waals surface area contributed by atoms with Gasteiger partial charge in [0.15, 0.2) is 0 Å². The molecule has 7 heteroatoms. The molecule has 0 bridgehead atoms. The Balaban J connectivity index is 0.00000242. The monoisotopic (exact) mass is 347 g/mol. The second-order valence-corrected chi connectivity index (χ2v) is 7.31. The smallest absolute Gasteiger partial charge is 0.280 e. The van der Waals surface area contributed by atoms with Gasteiger partial charge >= 0.3 is 0 Å². The minimum atomic E-state index is -3.46. The first-order valence-electron chi connectivity index (χ1n) is 7.55. The zero-order valence-electron chi connectivity index (χ0n) is 13.2. The first-order valence-corrected chi connectivity index (χ1v) is 8.99. The van der Waals surface area contributed by atoms with E-state index < -0.39 is 10.2 Å². The van der Waals surface area contributed by atoms with Crippen molar-refractivity contribution in [2.24, 2.45) is 5.92 Å². The molecule has 126 valence electrons. The van der Waals surface area contributed by atoms with Crippen molar-refractivity contribution in [1.29, 1.82) is 0 Å². The van der Waals surface area contributed by atoms with Gasteiger partial charge < -0.3 is 5.32 Å². The largest absolute Gasteiger partial charge is 0.315 e. The maximum atomic E-state index is 12.6. The fraction of sp³-hybridized carbons (Fsp3) is 0.600. The molecule has 0 aliphatic carbocycles. The molecule has 2 unspecified atom stereocenters. The van der Waals surface area contributed by atoms with Gasteiger partial charge in [-0.15, -0.1) is 12.4 Å². The van der Waals surface area contributed by atoms with Crippen LogP contribution in [0.2, 0.25) is 0 Å². The molecule has 0 spiro atoms. The summed E-state index contributed by atoms with van der Waals surface area (Å²) in [4.78, 5) is 0. The Morgan fingerprint density at radius 2 is 2.00 bits per heavy atom. The minimum Gasteiger partial charge on any atom is -0.315 e. The second-order valence-electron chi connectivity index (χ2n) is 5.61. The Bertz CT molecular complexity index is 539. The van der Waals surface area contributed by atoms with Gasteiger partial charge in [0, 0.05) is 25.7 Å². The molecule has 1 aromatic carbocycles. The van der Waals surface area contributed by atoms with Gasteiger partial charge in [-0.05, 0) is 24.4 Å². The Labute approximate surface area is 140 Å². The van der Waals surface area contributed by atoms with E-state index >= 15 is 0 Å². The van der Waals surface area contributed by atoms with E-state index in [0.717, 1.165) is 18.5 Å². The molecule has 0 saturated carbocycles. The summed E-state index contributed by atoms with van der Waals surface area (Å²) in [6.45, 7) is 6.48. The van der Waals surface area contributed by atoms with Crippen LogP contribution in [0.1, 0.15) is 25.8 Å². The Morgan fingerprint density at radius 1 is 1.32 bits per heavy atom. The van der Waals surface area contributed by atoms with E-state index in [-0.39, 0.29) is 18.4 Å². The highest BCUT2D eigenvalue weighted by atomic mass is 35.5. The third-order valence-electron chi connectivity index (χ3n) is 4.02. The van der Waals surface area contributed by atoms with E-state index in [9.17, 15) is 8.42 Å². The molecule has 0 aromatic heterocycles. The second kappa shape index (κ2) is 8.84. The van der Waals surface area contributed by atoms with Crippen LogP contribution in [0.3, 0.4) is 0 Å². The van der Waals surface area contributed by atoms with Crippen LogP contribution in [0.25, 0.3) is 0 Å². The lowest BCUT2D eigenvalue weighted by Gasteiger charge is -2.32. The van der Waals surface area contributed by atoms with Crippen molar-refractivity contribution >= 4 is 22.6 Å². The Kier molecular flexibility index (Phi) is 7.79. The fourth-order valence-corrected chi connectivity index (χ4v) is 4.07. The van der Waals surface area contributed by atoms with Crippen LogP contribution in [-0.2, 0) is 16.8 Å². The van der Waals surface area contributed by atoms with Crippen molar-refractivity contribution in [3.05, 3.63) is 35.9 Å². The molecule has 1 aliphatic rings. The van der Waals surface area contributed by atoms with Gasteiger partial charge in [-0.3, -0.25) is 0 Å². The third-order valence-corrected chi connectivity index (χ3v) is 5.69. The summed E-state index contributed by atoms with van der Waals surface area (Å²) in [5.41, 5.74) is 1.000. The maximum absolute atomic E-state index is 12.6. The molecule has 2 atom stereocenters. The lowest BCUT2D eigenvalue weighted by atomic mass is 9.96. The topological polar surface area (TPSA) is 61.4 Å². The van der Waals surface area contributed by atoms with E-state index in [1.807, 2.05) is 37.3 Å². The van der Waals surface area contributed by atoms with Crippen molar-refractivity contribution in [3.8, 4) is 0 Å². The predicted molar refractivity (Wildman–Crippen MR) is 92.3 cm³/mol. The first kappa shape index (κ1) is 19.4. The number of hydrogen-bond donors (Lipinski definition) is 2. The van der Waals surface area contributed by atoms with Crippen LogP contribution >= 0.6 is 12.4 Å². The average Bonchev–Trinajstić information content (AvgIpc) is 2.48. The molecular formula is C15H26ClN3O2S. The van der Waals surface area contributed by atoms with E-state index in [2.05, 4.69) is 17.0 Å². The normalized spacial score (nSPS) is 22.3. The van der Waals surface area contributed by atoms with Gasteiger partial charge in [0.25, 0.3) is 10.2 Å².